The smallest absolute Gasteiger partial charge is 0.0640 e. The van der Waals surface area contributed by atoms with E-state index < -0.39 is 0 Å². The van der Waals surface area contributed by atoms with Gasteiger partial charge >= 0.3 is 0 Å². The van der Waals surface area contributed by atoms with Gasteiger partial charge < -0.3 is 9.47 Å². The van der Waals surface area contributed by atoms with E-state index >= 15 is 0 Å². The fraction of sp³-hybridized carbons (Fsp3) is 0. The first-order valence-corrected chi connectivity index (χ1v) is 20.3. The summed E-state index contributed by atoms with van der Waals surface area (Å²) in [5.41, 5.74) is 9.35. The second-order valence-corrected chi connectivity index (χ2v) is 16.0. The van der Waals surface area contributed by atoms with Gasteiger partial charge in [-0.05, 0) is 87.3 Å². The molecule has 12 rings (SSSR count). The molecule has 2 heterocycles. The van der Waals surface area contributed by atoms with Gasteiger partial charge in [0.15, 0.2) is 0 Å². The SMILES string of the molecule is c1ccc(-c2ccc3c(c2)c2c(N(c4ccccc4)c4ccc5c(c4)sc4ccccc45)cc4ccccc4c2n3-c2cc3ccccc3c3ccccc23)cc1. The van der Waals surface area contributed by atoms with E-state index in [2.05, 4.69) is 216 Å². The van der Waals surface area contributed by atoms with Crippen LogP contribution in [0.15, 0.2) is 206 Å². The Morgan fingerprint density at radius 2 is 1.00 bits per heavy atom. The van der Waals surface area contributed by atoms with Gasteiger partial charge in [-0.15, -0.1) is 11.3 Å². The molecule has 0 unspecified atom stereocenters. The van der Waals surface area contributed by atoms with Crippen molar-refractivity contribution in [2.24, 2.45) is 0 Å². The maximum Gasteiger partial charge on any atom is 0.0640 e. The Hall–Kier alpha value is -7.20. The third-order valence-corrected chi connectivity index (χ3v) is 12.8. The van der Waals surface area contributed by atoms with Gasteiger partial charge in [0.1, 0.15) is 0 Å². The molecule has 0 atom stereocenters. The molecular formula is C54H34N2S. The average Bonchev–Trinajstić information content (AvgIpc) is 3.82. The van der Waals surface area contributed by atoms with Crippen LogP contribution < -0.4 is 4.90 Å². The molecule has 0 N–H and O–H groups in total. The zero-order valence-electron chi connectivity index (χ0n) is 30.9. The molecule has 3 heteroatoms. The predicted octanol–water partition coefficient (Wildman–Crippen LogP) is 15.7. The molecule has 10 aromatic carbocycles. The first kappa shape index (κ1) is 32.1. The van der Waals surface area contributed by atoms with Gasteiger partial charge in [0.05, 0.1) is 22.4 Å². The number of benzene rings is 10. The Labute approximate surface area is 333 Å². The molecular weight excluding hydrogens is 709 g/mol. The molecule has 0 saturated heterocycles. The van der Waals surface area contributed by atoms with E-state index in [0.717, 1.165) is 17.1 Å². The summed E-state index contributed by atoms with van der Waals surface area (Å²) in [6, 6.07) is 75.9. The van der Waals surface area contributed by atoms with Crippen LogP contribution in [0, 0.1) is 0 Å². The number of hydrogen-bond donors (Lipinski definition) is 0. The highest BCUT2D eigenvalue weighted by molar-refractivity contribution is 7.25. The molecule has 0 fully saturated rings. The number of aromatic nitrogens is 1. The minimum absolute atomic E-state index is 1.12. The second-order valence-electron chi connectivity index (χ2n) is 14.9. The molecule has 266 valence electrons. The largest absolute Gasteiger partial charge is 0.310 e. The zero-order chi connectivity index (χ0) is 37.5. The highest BCUT2D eigenvalue weighted by atomic mass is 32.1. The van der Waals surface area contributed by atoms with Crippen LogP contribution in [-0.4, -0.2) is 4.57 Å². The van der Waals surface area contributed by atoms with E-state index in [0.29, 0.717) is 0 Å². The summed E-state index contributed by atoms with van der Waals surface area (Å²) in [4.78, 5) is 2.48. The molecule has 12 aromatic rings. The van der Waals surface area contributed by atoms with Crippen LogP contribution in [0.4, 0.5) is 17.1 Å². The first-order valence-electron chi connectivity index (χ1n) is 19.5. The second kappa shape index (κ2) is 12.7. The van der Waals surface area contributed by atoms with Gasteiger partial charge in [0.25, 0.3) is 0 Å². The highest BCUT2D eigenvalue weighted by Crippen LogP contribution is 2.49. The Bertz CT molecular complexity index is 3520. The fourth-order valence-corrected chi connectivity index (χ4v) is 10.3. The molecule has 0 amide bonds. The van der Waals surface area contributed by atoms with Crippen LogP contribution in [0.5, 0.6) is 0 Å². The standard InChI is InChI=1S/C54H34N2S/c1-3-15-35(16-4-1)36-27-30-48-47(31-36)53-50(55(39-19-5-2-6-20-39)40-28-29-46-45-25-13-14-26-51(45)57-52(46)34-40)33-38-18-8-10-22-42(38)54(53)56(48)49-32-37-17-7-9-21-41(37)43-23-11-12-24-44(43)49/h1-34H. The lowest BCUT2D eigenvalue weighted by molar-refractivity contribution is 1.21. The van der Waals surface area contributed by atoms with Crippen molar-refractivity contribution in [1.82, 2.24) is 4.57 Å². The van der Waals surface area contributed by atoms with Crippen molar-refractivity contribution in [2.45, 2.75) is 0 Å². The molecule has 0 radical (unpaired) electrons. The van der Waals surface area contributed by atoms with Crippen molar-refractivity contribution >= 4 is 103 Å². The van der Waals surface area contributed by atoms with Gasteiger partial charge in [-0.25, -0.2) is 0 Å². The summed E-state index contributed by atoms with van der Waals surface area (Å²) < 4.78 is 5.14. The Balaban J connectivity index is 1.26. The molecule has 0 saturated carbocycles. The molecule has 2 aromatic heterocycles. The summed E-state index contributed by atoms with van der Waals surface area (Å²) in [5, 5.41) is 12.4. The zero-order valence-corrected chi connectivity index (χ0v) is 31.7. The molecule has 2 nitrogen and oxygen atoms in total. The summed E-state index contributed by atoms with van der Waals surface area (Å²) in [6.07, 6.45) is 0. The Morgan fingerprint density at radius 3 is 1.81 bits per heavy atom. The maximum atomic E-state index is 2.55. The number of nitrogens with zero attached hydrogens (tertiary/aromatic N) is 2. The van der Waals surface area contributed by atoms with E-state index in [9.17, 15) is 0 Å². The van der Waals surface area contributed by atoms with Crippen molar-refractivity contribution in [1.29, 1.82) is 0 Å². The van der Waals surface area contributed by atoms with Crippen LogP contribution in [-0.2, 0) is 0 Å². The minimum atomic E-state index is 1.12. The number of thiophene rings is 1. The number of anilines is 3. The molecule has 0 aliphatic carbocycles. The third-order valence-electron chi connectivity index (χ3n) is 11.7. The summed E-state index contributed by atoms with van der Waals surface area (Å²) in [6.45, 7) is 0. The first-order chi connectivity index (χ1) is 28.3. The van der Waals surface area contributed by atoms with Crippen molar-refractivity contribution < 1.29 is 0 Å². The van der Waals surface area contributed by atoms with E-state index in [1.54, 1.807) is 0 Å². The van der Waals surface area contributed by atoms with E-state index in [4.69, 9.17) is 0 Å². The average molecular weight is 743 g/mol. The van der Waals surface area contributed by atoms with Crippen LogP contribution in [0.2, 0.25) is 0 Å². The van der Waals surface area contributed by atoms with Crippen molar-refractivity contribution in [3.05, 3.63) is 206 Å². The van der Waals surface area contributed by atoms with Gasteiger partial charge in [0.2, 0.25) is 0 Å². The highest BCUT2D eigenvalue weighted by Gasteiger charge is 2.25. The molecule has 57 heavy (non-hydrogen) atoms. The van der Waals surface area contributed by atoms with Gasteiger partial charge in [-0.3, -0.25) is 0 Å². The lowest BCUT2D eigenvalue weighted by Gasteiger charge is -2.27. The van der Waals surface area contributed by atoms with E-state index in [1.165, 1.54) is 91.1 Å². The molecule has 0 aliphatic heterocycles. The summed E-state index contributed by atoms with van der Waals surface area (Å²) in [7, 11) is 0. The number of rotatable bonds is 5. The summed E-state index contributed by atoms with van der Waals surface area (Å²) >= 11 is 1.86. The van der Waals surface area contributed by atoms with Crippen molar-refractivity contribution in [3.8, 4) is 16.8 Å². The lowest BCUT2D eigenvalue weighted by Crippen LogP contribution is -2.10. The van der Waals surface area contributed by atoms with Gasteiger partial charge in [-0.2, -0.15) is 0 Å². The number of fused-ring (bicyclic) bond motifs is 11. The third kappa shape index (κ3) is 4.96. The van der Waals surface area contributed by atoms with Crippen LogP contribution in [0.3, 0.4) is 0 Å². The Kier molecular flexibility index (Phi) is 7.13. The number of para-hydroxylation sites is 1. The minimum Gasteiger partial charge on any atom is -0.310 e. The van der Waals surface area contributed by atoms with Gasteiger partial charge in [0, 0.05) is 53.1 Å². The van der Waals surface area contributed by atoms with E-state index in [1.807, 2.05) is 11.3 Å². The van der Waals surface area contributed by atoms with Crippen molar-refractivity contribution in [2.75, 3.05) is 4.90 Å². The molecule has 0 bridgehead atoms. The molecule has 0 spiro atoms. The van der Waals surface area contributed by atoms with Crippen LogP contribution >= 0.6 is 11.3 Å². The summed E-state index contributed by atoms with van der Waals surface area (Å²) in [5.74, 6) is 0. The molecule has 0 aliphatic rings. The predicted molar refractivity (Wildman–Crippen MR) is 246 cm³/mol. The van der Waals surface area contributed by atoms with Gasteiger partial charge in [-0.1, -0.05) is 152 Å². The Morgan fingerprint density at radius 1 is 0.368 bits per heavy atom. The van der Waals surface area contributed by atoms with Crippen LogP contribution in [0.1, 0.15) is 0 Å². The topological polar surface area (TPSA) is 8.17 Å². The lowest BCUT2D eigenvalue weighted by atomic mass is 9.99. The van der Waals surface area contributed by atoms with Crippen molar-refractivity contribution in [3.63, 3.8) is 0 Å². The normalized spacial score (nSPS) is 11.9. The van der Waals surface area contributed by atoms with Crippen LogP contribution in [0.25, 0.3) is 91.1 Å². The van der Waals surface area contributed by atoms with E-state index in [-0.39, 0.29) is 0 Å². The maximum absolute atomic E-state index is 2.55. The quantitative estimate of drug-likeness (QED) is 0.159. The monoisotopic (exact) mass is 742 g/mol. The fourth-order valence-electron chi connectivity index (χ4n) is 9.18. The number of hydrogen-bond acceptors (Lipinski definition) is 2.